The quantitative estimate of drug-likeness (QED) is 0.671. The Morgan fingerprint density at radius 3 is 2.61 bits per heavy atom. The van der Waals surface area contributed by atoms with Crippen molar-refractivity contribution in [3.05, 3.63) is 75.4 Å². The van der Waals surface area contributed by atoms with E-state index in [0.717, 1.165) is 5.56 Å². The van der Waals surface area contributed by atoms with Gasteiger partial charge >= 0.3 is 0 Å². The highest BCUT2D eigenvalue weighted by molar-refractivity contribution is 6.35. The molecule has 6 nitrogen and oxygen atoms in total. The van der Waals surface area contributed by atoms with Gasteiger partial charge in [0.15, 0.2) is 0 Å². The van der Waals surface area contributed by atoms with Gasteiger partial charge in [0.2, 0.25) is 11.8 Å². The second-order valence-corrected chi connectivity index (χ2v) is 7.72. The number of halogens is 2. The molecule has 1 spiro atoms. The van der Waals surface area contributed by atoms with Gasteiger partial charge in [-0.1, -0.05) is 53.5 Å². The third-order valence-corrected chi connectivity index (χ3v) is 6.04. The molecule has 5 rings (SSSR count). The Morgan fingerprint density at radius 1 is 1.00 bits per heavy atom. The summed E-state index contributed by atoms with van der Waals surface area (Å²) in [4.78, 5) is 25.7. The fourth-order valence-corrected chi connectivity index (χ4v) is 4.46. The van der Waals surface area contributed by atoms with Crippen LogP contribution in [-0.2, 0) is 21.5 Å². The predicted molar refractivity (Wildman–Crippen MR) is 107 cm³/mol. The monoisotopic (exact) mass is 412 g/mol. The van der Waals surface area contributed by atoms with E-state index in [-0.39, 0.29) is 18.2 Å². The first-order valence-electron chi connectivity index (χ1n) is 8.70. The van der Waals surface area contributed by atoms with Gasteiger partial charge in [-0.05, 0) is 23.3 Å². The number of amides is 2. The summed E-state index contributed by atoms with van der Waals surface area (Å²) in [6.07, 6.45) is 1.64. The van der Waals surface area contributed by atoms with Crippen LogP contribution >= 0.6 is 23.2 Å². The highest BCUT2D eigenvalue weighted by Crippen LogP contribution is 2.51. The molecule has 0 unspecified atom stereocenters. The standard InChI is InChI=1S/C20H14Cl2N4O2/c21-14-6-2-1-4-11(14)10-26-18-13(9-23-26)20(8-16(27)24-18)12-5-3-7-15(22)17(12)25-19(20)28/h1-7,9H,8,10H2,(H,24,27)(H,25,28)/t20-/m1/s1. The number of hydrogen-bond acceptors (Lipinski definition) is 3. The van der Waals surface area contributed by atoms with Crippen molar-refractivity contribution in [2.24, 2.45) is 0 Å². The van der Waals surface area contributed by atoms with Crippen molar-refractivity contribution in [2.75, 3.05) is 10.6 Å². The first-order chi connectivity index (χ1) is 13.5. The Kier molecular flexibility index (Phi) is 3.76. The molecule has 2 aromatic carbocycles. The average Bonchev–Trinajstić information content (AvgIpc) is 3.19. The van der Waals surface area contributed by atoms with Gasteiger partial charge in [0.25, 0.3) is 0 Å². The minimum atomic E-state index is -1.14. The summed E-state index contributed by atoms with van der Waals surface area (Å²) in [7, 11) is 0. The Hall–Kier alpha value is -2.83. The lowest BCUT2D eigenvalue weighted by Crippen LogP contribution is -2.43. The van der Waals surface area contributed by atoms with Crippen LogP contribution in [0, 0.1) is 0 Å². The van der Waals surface area contributed by atoms with Crippen LogP contribution in [0.1, 0.15) is 23.1 Å². The Labute approximate surface area is 170 Å². The molecule has 2 aliphatic rings. The number of carbonyl (C=O) groups excluding carboxylic acids is 2. The second-order valence-electron chi connectivity index (χ2n) is 6.90. The van der Waals surface area contributed by atoms with Crippen LogP contribution in [0.2, 0.25) is 10.0 Å². The van der Waals surface area contributed by atoms with E-state index < -0.39 is 5.41 Å². The van der Waals surface area contributed by atoms with Crippen LogP contribution in [0.15, 0.2) is 48.7 Å². The predicted octanol–water partition coefficient (Wildman–Crippen LogP) is 3.82. The van der Waals surface area contributed by atoms with E-state index in [9.17, 15) is 9.59 Å². The SMILES string of the molecule is O=C1C[C@]2(C(=O)Nc3c(Cl)cccc32)c2cnn(Cc3ccccc3Cl)c2N1. The zero-order valence-corrected chi connectivity index (χ0v) is 16.0. The number of hydrogen-bond donors (Lipinski definition) is 2. The number of rotatable bonds is 2. The number of benzene rings is 2. The van der Waals surface area contributed by atoms with Gasteiger partial charge in [0.05, 0.1) is 23.5 Å². The van der Waals surface area contributed by atoms with E-state index in [1.807, 2.05) is 24.3 Å². The van der Waals surface area contributed by atoms with Crippen LogP contribution in [0.3, 0.4) is 0 Å². The first-order valence-corrected chi connectivity index (χ1v) is 9.46. The lowest BCUT2D eigenvalue weighted by Gasteiger charge is -2.31. The highest BCUT2D eigenvalue weighted by atomic mass is 35.5. The van der Waals surface area contributed by atoms with Crippen LogP contribution in [0.25, 0.3) is 0 Å². The average molecular weight is 413 g/mol. The third-order valence-electron chi connectivity index (χ3n) is 5.36. The summed E-state index contributed by atoms with van der Waals surface area (Å²) >= 11 is 12.6. The molecule has 140 valence electrons. The van der Waals surface area contributed by atoms with E-state index in [0.29, 0.717) is 39.2 Å². The first kappa shape index (κ1) is 17.3. The summed E-state index contributed by atoms with van der Waals surface area (Å²) in [5.74, 6) is -0.0282. The van der Waals surface area contributed by atoms with Crippen LogP contribution < -0.4 is 10.6 Å². The van der Waals surface area contributed by atoms with E-state index >= 15 is 0 Å². The van der Waals surface area contributed by atoms with Crippen molar-refractivity contribution < 1.29 is 9.59 Å². The normalized spacial score (nSPS) is 19.9. The summed E-state index contributed by atoms with van der Waals surface area (Å²) in [6.45, 7) is 0.370. The van der Waals surface area contributed by atoms with E-state index in [1.54, 1.807) is 29.1 Å². The fourth-order valence-electron chi connectivity index (χ4n) is 4.04. The maximum Gasteiger partial charge on any atom is 0.240 e. The molecule has 0 bridgehead atoms. The Balaban J connectivity index is 1.68. The van der Waals surface area contributed by atoms with Gasteiger partial charge in [-0.3, -0.25) is 9.59 Å². The lowest BCUT2D eigenvalue weighted by molar-refractivity contribution is -0.125. The smallest absolute Gasteiger partial charge is 0.240 e. The lowest BCUT2D eigenvalue weighted by atomic mass is 9.72. The second kappa shape index (κ2) is 6.09. The molecule has 1 aromatic heterocycles. The molecule has 0 saturated heterocycles. The van der Waals surface area contributed by atoms with Gasteiger partial charge in [0.1, 0.15) is 11.2 Å². The number of nitrogens with zero attached hydrogens (tertiary/aromatic N) is 2. The number of carbonyl (C=O) groups is 2. The molecule has 8 heteroatoms. The van der Waals surface area contributed by atoms with Crippen molar-refractivity contribution in [1.29, 1.82) is 0 Å². The fraction of sp³-hybridized carbons (Fsp3) is 0.150. The minimum Gasteiger partial charge on any atom is -0.323 e. The van der Waals surface area contributed by atoms with E-state index in [2.05, 4.69) is 15.7 Å². The molecule has 0 fully saturated rings. The van der Waals surface area contributed by atoms with Crippen molar-refractivity contribution in [1.82, 2.24) is 9.78 Å². The number of para-hydroxylation sites is 1. The molecular formula is C20H14Cl2N4O2. The molecule has 0 aliphatic carbocycles. The Bertz CT molecular complexity index is 1160. The molecular weight excluding hydrogens is 399 g/mol. The largest absolute Gasteiger partial charge is 0.323 e. The van der Waals surface area contributed by atoms with Gasteiger partial charge in [-0.2, -0.15) is 5.10 Å². The molecule has 0 radical (unpaired) electrons. The van der Waals surface area contributed by atoms with Crippen molar-refractivity contribution in [3.63, 3.8) is 0 Å². The molecule has 0 saturated carbocycles. The van der Waals surface area contributed by atoms with Gasteiger partial charge in [-0.25, -0.2) is 4.68 Å². The summed E-state index contributed by atoms with van der Waals surface area (Å²) < 4.78 is 1.66. The van der Waals surface area contributed by atoms with Crippen LogP contribution in [0.4, 0.5) is 11.5 Å². The minimum absolute atomic E-state index is 0.00301. The zero-order chi connectivity index (χ0) is 19.5. The molecule has 3 heterocycles. The van der Waals surface area contributed by atoms with Gasteiger partial charge < -0.3 is 10.6 Å². The van der Waals surface area contributed by atoms with Crippen LogP contribution in [0.5, 0.6) is 0 Å². The highest BCUT2D eigenvalue weighted by Gasteiger charge is 2.54. The number of fused-ring (bicyclic) bond motifs is 4. The summed E-state index contributed by atoms with van der Waals surface area (Å²) in [5.41, 5.74) is 1.62. The van der Waals surface area contributed by atoms with E-state index in [1.165, 1.54) is 0 Å². The summed E-state index contributed by atoms with van der Waals surface area (Å²) in [5, 5.41) is 11.2. The molecule has 28 heavy (non-hydrogen) atoms. The van der Waals surface area contributed by atoms with E-state index in [4.69, 9.17) is 23.2 Å². The molecule has 3 aromatic rings. The molecule has 2 N–H and O–H groups in total. The number of anilines is 2. The topological polar surface area (TPSA) is 76.0 Å². The maximum atomic E-state index is 13.1. The summed E-state index contributed by atoms with van der Waals surface area (Å²) in [6, 6.07) is 12.8. The molecule has 1 atom stereocenters. The van der Waals surface area contributed by atoms with Crippen molar-refractivity contribution in [3.8, 4) is 0 Å². The number of aromatic nitrogens is 2. The van der Waals surface area contributed by atoms with Crippen LogP contribution in [-0.4, -0.2) is 21.6 Å². The maximum absolute atomic E-state index is 13.1. The molecule has 2 amide bonds. The van der Waals surface area contributed by atoms with Gasteiger partial charge in [0, 0.05) is 17.0 Å². The van der Waals surface area contributed by atoms with Gasteiger partial charge in [-0.15, -0.1) is 0 Å². The molecule has 2 aliphatic heterocycles. The Morgan fingerprint density at radius 2 is 1.79 bits per heavy atom. The van der Waals surface area contributed by atoms with Crippen molar-refractivity contribution >= 4 is 46.5 Å². The third kappa shape index (κ3) is 2.31. The van der Waals surface area contributed by atoms with Crippen molar-refractivity contribution in [2.45, 2.75) is 18.4 Å². The zero-order valence-electron chi connectivity index (χ0n) is 14.5. The number of nitrogens with one attached hydrogen (secondary N) is 2.